The Morgan fingerprint density at radius 1 is 1.60 bits per heavy atom. The third-order valence-corrected chi connectivity index (χ3v) is 0.289. The third-order valence-electron chi connectivity index (χ3n) is 0.289. The molecule has 0 aliphatic rings. The highest BCUT2D eigenvalue weighted by molar-refractivity contribution is 8.93. The van der Waals surface area contributed by atoms with Crippen LogP contribution in [0, 0.1) is 0 Å². The molecule has 5 heavy (non-hydrogen) atoms. The number of hydrogen-bond acceptors (Lipinski definition) is 1. The van der Waals surface area contributed by atoms with E-state index in [2.05, 4.69) is 6.92 Å². The molecule has 0 aliphatic carbocycles. The highest BCUT2D eigenvalue weighted by Gasteiger charge is 1.55. The number of nitrogens with two attached hydrogens (primary N) is 1. The van der Waals surface area contributed by atoms with E-state index in [9.17, 15) is 0 Å². The molecule has 2 N–H and O–H groups in total. The highest BCUT2D eigenvalue weighted by Crippen LogP contribution is 1.57. The summed E-state index contributed by atoms with van der Waals surface area (Å²) in [6.07, 6.45) is 1.10. The van der Waals surface area contributed by atoms with E-state index < -0.39 is 0 Å². The van der Waals surface area contributed by atoms with Gasteiger partial charge in [0, 0.05) is 0 Å². The summed E-state index contributed by atoms with van der Waals surface area (Å²) in [5.74, 6) is 0. The fourth-order valence-corrected chi connectivity index (χ4v) is 0. The molecule has 0 amide bonds. The van der Waals surface area contributed by atoms with Gasteiger partial charge in [-0.05, 0) is 13.0 Å². The summed E-state index contributed by atoms with van der Waals surface area (Å²) >= 11 is 0. The van der Waals surface area contributed by atoms with Gasteiger partial charge in [0.05, 0.1) is 0 Å². The van der Waals surface area contributed by atoms with Crippen LogP contribution in [0.3, 0.4) is 0 Å². The zero-order valence-electron chi connectivity index (χ0n) is 3.40. The average molecular weight is 140 g/mol. The first kappa shape index (κ1) is 9.06. The Morgan fingerprint density at radius 3 is 1.80 bits per heavy atom. The van der Waals surface area contributed by atoms with Crippen LogP contribution in [0.25, 0.3) is 0 Å². The van der Waals surface area contributed by atoms with Gasteiger partial charge in [0.15, 0.2) is 0 Å². The number of halogens is 1. The van der Waals surface area contributed by atoms with E-state index in [1.807, 2.05) is 0 Å². The predicted octanol–water partition coefficient (Wildman–Crippen LogP) is 0.933. The van der Waals surface area contributed by atoms with Crippen molar-refractivity contribution in [1.29, 1.82) is 0 Å². The van der Waals surface area contributed by atoms with Crippen LogP contribution in [0.1, 0.15) is 13.3 Å². The van der Waals surface area contributed by atoms with Crippen LogP contribution in [0.4, 0.5) is 0 Å². The van der Waals surface area contributed by atoms with Crippen molar-refractivity contribution in [2.24, 2.45) is 5.73 Å². The minimum Gasteiger partial charge on any atom is -0.330 e. The smallest absolute Gasteiger partial charge is 0.00799 e. The molecule has 0 aromatic rings. The minimum atomic E-state index is 0. The van der Waals surface area contributed by atoms with Gasteiger partial charge in [-0.1, -0.05) is 6.92 Å². The molecule has 2 heteroatoms. The summed E-state index contributed by atoms with van der Waals surface area (Å²) in [6, 6.07) is 0. The standard InChI is InChI=1S/C3H9N.BrH/c1-2-3-4;/h2-4H2,1H3;1H. The fraction of sp³-hybridized carbons (Fsp3) is 1.00. The second kappa shape index (κ2) is 8.83. The van der Waals surface area contributed by atoms with Crippen LogP contribution in [0.15, 0.2) is 0 Å². The molecule has 0 radical (unpaired) electrons. The van der Waals surface area contributed by atoms with E-state index in [0.29, 0.717) is 0 Å². The zero-order chi connectivity index (χ0) is 3.41. The molecule has 1 nitrogen and oxygen atoms in total. The van der Waals surface area contributed by atoms with Crippen LogP contribution < -0.4 is 5.73 Å². The maximum Gasteiger partial charge on any atom is -0.00799 e. The van der Waals surface area contributed by atoms with Crippen molar-refractivity contribution in [2.75, 3.05) is 6.54 Å². The number of hydrogen-bond donors (Lipinski definition) is 1. The second-order valence-corrected chi connectivity index (χ2v) is 0.789. The van der Waals surface area contributed by atoms with Crippen LogP contribution in [-0.4, -0.2) is 6.54 Å². The van der Waals surface area contributed by atoms with E-state index in [1.54, 1.807) is 0 Å². The van der Waals surface area contributed by atoms with Crippen molar-refractivity contribution < 1.29 is 0 Å². The van der Waals surface area contributed by atoms with E-state index >= 15 is 0 Å². The lowest BCUT2D eigenvalue weighted by atomic mass is 10.5. The first-order chi connectivity index (χ1) is 1.91. The lowest BCUT2D eigenvalue weighted by molar-refractivity contribution is 0.932. The summed E-state index contributed by atoms with van der Waals surface area (Å²) < 4.78 is 0. The van der Waals surface area contributed by atoms with Crippen molar-refractivity contribution in [2.45, 2.75) is 13.3 Å². The Hall–Kier alpha value is 0.440. The molecular formula is C3H10BrN. The molecule has 0 spiro atoms. The molecule has 0 aliphatic heterocycles. The molecule has 0 aromatic carbocycles. The van der Waals surface area contributed by atoms with E-state index in [1.165, 1.54) is 0 Å². The van der Waals surface area contributed by atoms with Crippen molar-refractivity contribution >= 4 is 17.0 Å². The molecule has 0 saturated heterocycles. The minimum absolute atomic E-state index is 0. The first-order valence-corrected chi connectivity index (χ1v) is 1.62. The molecule has 0 fully saturated rings. The quantitative estimate of drug-likeness (QED) is 0.576. The highest BCUT2D eigenvalue weighted by atomic mass is 79.9. The Balaban J connectivity index is 0. The van der Waals surface area contributed by atoms with E-state index in [-0.39, 0.29) is 17.0 Å². The van der Waals surface area contributed by atoms with Gasteiger partial charge in [0.2, 0.25) is 0 Å². The van der Waals surface area contributed by atoms with Gasteiger partial charge >= 0.3 is 0 Å². The van der Waals surface area contributed by atoms with Gasteiger partial charge in [-0.2, -0.15) is 0 Å². The van der Waals surface area contributed by atoms with Crippen molar-refractivity contribution in [1.82, 2.24) is 0 Å². The second-order valence-electron chi connectivity index (χ2n) is 0.789. The number of rotatable bonds is 1. The molecule has 0 atom stereocenters. The maximum absolute atomic E-state index is 5.03. The molecule has 0 aromatic heterocycles. The summed E-state index contributed by atoms with van der Waals surface area (Å²) in [5, 5.41) is 0. The van der Waals surface area contributed by atoms with Gasteiger partial charge in [0.1, 0.15) is 0 Å². The summed E-state index contributed by atoms with van der Waals surface area (Å²) in [7, 11) is 0. The van der Waals surface area contributed by atoms with E-state index in [0.717, 1.165) is 13.0 Å². The first-order valence-electron chi connectivity index (χ1n) is 1.62. The van der Waals surface area contributed by atoms with Crippen molar-refractivity contribution in [3.05, 3.63) is 0 Å². The lowest BCUT2D eigenvalue weighted by Gasteiger charge is -1.70. The third kappa shape index (κ3) is 12.7. The topological polar surface area (TPSA) is 26.0 Å². The Morgan fingerprint density at radius 2 is 1.80 bits per heavy atom. The Bertz CT molecular complexity index is 8.85. The molecule has 0 rings (SSSR count). The van der Waals surface area contributed by atoms with Crippen molar-refractivity contribution in [3.63, 3.8) is 0 Å². The normalized spacial score (nSPS) is 6.00. The zero-order valence-corrected chi connectivity index (χ0v) is 5.11. The predicted molar refractivity (Wildman–Crippen MR) is 29.7 cm³/mol. The van der Waals surface area contributed by atoms with Crippen LogP contribution in [-0.2, 0) is 0 Å². The van der Waals surface area contributed by atoms with Crippen LogP contribution in [0.2, 0.25) is 0 Å². The van der Waals surface area contributed by atoms with Crippen LogP contribution in [0.5, 0.6) is 0 Å². The summed E-state index contributed by atoms with van der Waals surface area (Å²) in [6.45, 7) is 2.88. The largest absolute Gasteiger partial charge is 0.330 e. The lowest BCUT2D eigenvalue weighted by Crippen LogP contribution is -1.93. The fourth-order valence-electron chi connectivity index (χ4n) is 0. The SMILES string of the molecule is Br.CCCN. The van der Waals surface area contributed by atoms with Gasteiger partial charge in [-0.3, -0.25) is 0 Å². The monoisotopic (exact) mass is 139 g/mol. The molecule has 0 saturated carbocycles. The summed E-state index contributed by atoms with van der Waals surface area (Å²) in [5.41, 5.74) is 5.03. The molecular weight excluding hydrogens is 130 g/mol. The van der Waals surface area contributed by atoms with Gasteiger partial charge < -0.3 is 5.73 Å². The Labute approximate surface area is 43.3 Å². The molecule has 0 unspecified atom stereocenters. The van der Waals surface area contributed by atoms with Gasteiger partial charge in [0.25, 0.3) is 0 Å². The summed E-state index contributed by atoms with van der Waals surface area (Å²) in [4.78, 5) is 0. The molecule has 0 bridgehead atoms. The van der Waals surface area contributed by atoms with Gasteiger partial charge in [-0.15, -0.1) is 17.0 Å². The average Bonchev–Trinajstić information content (AvgIpc) is 1.37. The van der Waals surface area contributed by atoms with E-state index in [4.69, 9.17) is 5.73 Å². The van der Waals surface area contributed by atoms with Crippen molar-refractivity contribution in [3.8, 4) is 0 Å². The van der Waals surface area contributed by atoms with Crippen LogP contribution >= 0.6 is 17.0 Å². The maximum atomic E-state index is 5.03. The molecule has 0 heterocycles. The molecule has 34 valence electrons. The van der Waals surface area contributed by atoms with Gasteiger partial charge in [-0.25, -0.2) is 0 Å². The Kier molecular flexibility index (Phi) is 16.0.